The highest BCUT2D eigenvalue weighted by atomic mass is 16.5. The van der Waals surface area contributed by atoms with Crippen LogP contribution in [0.2, 0.25) is 0 Å². The van der Waals surface area contributed by atoms with Crippen LogP contribution in [0.5, 0.6) is 0 Å². The summed E-state index contributed by atoms with van der Waals surface area (Å²) in [6.07, 6.45) is 6.71. The van der Waals surface area contributed by atoms with Crippen molar-refractivity contribution >= 4 is 16.9 Å². The number of amides is 1. The molecule has 2 aromatic heterocycles. The van der Waals surface area contributed by atoms with E-state index in [1.54, 1.807) is 0 Å². The summed E-state index contributed by atoms with van der Waals surface area (Å²) in [5.74, 6) is 1.26. The Labute approximate surface area is 159 Å². The van der Waals surface area contributed by atoms with Crippen LogP contribution < -0.4 is 0 Å². The smallest absolute Gasteiger partial charge is 0.254 e. The first-order chi connectivity index (χ1) is 13.1. The Balaban J connectivity index is 1.54. The molecule has 2 aliphatic heterocycles. The van der Waals surface area contributed by atoms with Crippen LogP contribution >= 0.6 is 0 Å². The number of rotatable bonds is 3. The summed E-state index contributed by atoms with van der Waals surface area (Å²) in [5.41, 5.74) is 3.62. The molecule has 2 aromatic rings. The average molecular weight is 368 g/mol. The van der Waals surface area contributed by atoms with Gasteiger partial charge in [0.2, 0.25) is 0 Å². The van der Waals surface area contributed by atoms with Crippen LogP contribution in [0.25, 0.3) is 11.0 Å². The molecule has 4 heterocycles. The van der Waals surface area contributed by atoms with E-state index in [-0.39, 0.29) is 5.91 Å². The van der Waals surface area contributed by atoms with E-state index >= 15 is 0 Å². The Morgan fingerprint density at radius 3 is 2.70 bits per heavy atom. The fourth-order valence-electron chi connectivity index (χ4n) is 5.01. The zero-order valence-electron chi connectivity index (χ0n) is 16.3. The third-order valence-electron chi connectivity index (χ3n) is 6.58. The highest BCUT2D eigenvalue weighted by Gasteiger charge is 2.37. The summed E-state index contributed by atoms with van der Waals surface area (Å²) >= 11 is 0. The molecule has 1 aliphatic carbocycles. The zero-order valence-corrected chi connectivity index (χ0v) is 16.3. The molecule has 2 saturated heterocycles. The minimum absolute atomic E-state index is 0.175. The SMILES string of the molecule is Cc1nn(C)c2nc(C3CC3)cc(C(=O)N3CCCC3C3CCOCC3)c12. The molecule has 0 N–H and O–H groups in total. The second kappa shape index (κ2) is 6.59. The molecule has 3 aliphatic rings. The van der Waals surface area contributed by atoms with Gasteiger partial charge in [0.25, 0.3) is 5.91 Å². The monoisotopic (exact) mass is 368 g/mol. The Hall–Kier alpha value is -1.95. The molecule has 1 amide bonds. The van der Waals surface area contributed by atoms with Gasteiger partial charge in [0.15, 0.2) is 5.65 Å². The molecule has 6 heteroatoms. The lowest BCUT2D eigenvalue weighted by Gasteiger charge is -2.34. The highest BCUT2D eigenvalue weighted by Crippen LogP contribution is 2.41. The van der Waals surface area contributed by atoms with Gasteiger partial charge in [0.1, 0.15) is 0 Å². The summed E-state index contributed by atoms with van der Waals surface area (Å²) < 4.78 is 7.37. The molecular formula is C21H28N4O2. The van der Waals surface area contributed by atoms with Gasteiger partial charge >= 0.3 is 0 Å². The van der Waals surface area contributed by atoms with Crippen molar-refractivity contribution in [3.63, 3.8) is 0 Å². The second-order valence-corrected chi connectivity index (χ2v) is 8.43. The van der Waals surface area contributed by atoms with E-state index in [4.69, 9.17) is 9.72 Å². The topological polar surface area (TPSA) is 60.2 Å². The molecular weight excluding hydrogens is 340 g/mol. The lowest BCUT2D eigenvalue weighted by molar-refractivity contribution is 0.0323. The van der Waals surface area contributed by atoms with Gasteiger partial charge in [-0.3, -0.25) is 9.48 Å². The van der Waals surface area contributed by atoms with Crippen molar-refractivity contribution in [3.8, 4) is 0 Å². The van der Waals surface area contributed by atoms with E-state index in [0.29, 0.717) is 17.9 Å². The molecule has 1 unspecified atom stereocenters. The van der Waals surface area contributed by atoms with E-state index in [1.807, 2.05) is 18.7 Å². The molecule has 27 heavy (non-hydrogen) atoms. The van der Waals surface area contributed by atoms with Crippen molar-refractivity contribution in [2.45, 2.75) is 57.4 Å². The number of carbonyl (C=O) groups is 1. The van der Waals surface area contributed by atoms with Crippen LogP contribution in [0.1, 0.15) is 66.2 Å². The Morgan fingerprint density at radius 1 is 1.19 bits per heavy atom. The van der Waals surface area contributed by atoms with Gasteiger partial charge in [-0.1, -0.05) is 0 Å². The first-order valence-electron chi connectivity index (χ1n) is 10.4. The molecule has 144 valence electrons. The van der Waals surface area contributed by atoms with Crippen molar-refractivity contribution in [1.29, 1.82) is 0 Å². The third kappa shape index (κ3) is 2.94. The van der Waals surface area contributed by atoms with Gasteiger partial charge in [0, 0.05) is 44.5 Å². The van der Waals surface area contributed by atoms with Gasteiger partial charge < -0.3 is 9.64 Å². The van der Waals surface area contributed by atoms with Crippen molar-refractivity contribution in [1.82, 2.24) is 19.7 Å². The number of pyridine rings is 1. The van der Waals surface area contributed by atoms with E-state index in [2.05, 4.69) is 16.1 Å². The largest absolute Gasteiger partial charge is 0.381 e. The average Bonchev–Trinajstić information content (AvgIpc) is 3.35. The minimum Gasteiger partial charge on any atom is -0.381 e. The Kier molecular flexibility index (Phi) is 4.19. The number of hydrogen-bond acceptors (Lipinski definition) is 4. The molecule has 1 saturated carbocycles. The minimum atomic E-state index is 0.175. The Bertz CT molecular complexity index is 880. The number of aromatic nitrogens is 3. The maximum absolute atomic E-state index is 13.7. The fourth-order valence-corrected chi connectivity index (χ4v) is 5.01. The summed E-state index contributed by atoms with van der Waals surface area (Å²) in [7, 11) is 1.92. The van der Waals surface area contributed by atoms with Crippen LogP contribution in [-0.2, 0) is 11.8 Å². The van der Waals surface area contributed by atoms with E-state index in [0.717, 1.165) is 73.4 Å². The van der Waals surface area contributed by atoms with Crippen LogP contribution in [-0.4, -0.2) is 51.4 Å². The lowest BCUT2D eigenvalue weighted by Crippen LogP contribution is -2.42. The summed E-state index contributed by atoms with van der Waals surface area (Å²) in [5, 5.41) is 5.49. The quantitative estimate of drug-likeness (QED) is 0.835. The number of nitrogens with zero attached hydrogens (tertiary/aromatic N) is 4. The number of aryl methyl sites for hydroxylation is 2. The van der Waals surface area contributed by atoms with Crippen LogP contribution in [0.4, 0.5) is 0 Å². The maximum Gasteiger partial charge on any atom is 0.254 e. The van der Waals surface area contributed by atoms with E-state index in [1.165, 1.54) is 12.8 Å². The predicted molar refractivity (Wildman–Crippen MR) is 103 cm³/mol. The van der Waals surface area contributed by atoms with Crippen molar-refractivity contribution < 1.29 is 9.53 Å². The molecule has 0 bridgehead atoms. The maximum atomic E-state index is 13.7. The van der Waals surface area contributed by atoms with Gasteiger partial charge in [-0.05, 0) is 57.4 Å². The lowest BCUT2D eigenvalue weighted by atomic mass is 9.90. The Morgan fingerprint density at radius 2 is 1.96 bits per heavy atom. The van der Waals surface area contributed by atoms with Crippen LogP contribution in [0.15, 0.2) is 6.07 Å². The first-order valence-corrected chi connectivity index (χ1v) is 10.4. The predicted octanol–water partition coefficient (Wildman–Crippen LogP) is 3.19. The van der Waals surface area contributed by atoms with E-state index < -0.39 is 0 Å². The molecule has 0 aromatic carbocycles. The van der Waals surface area contributed by atoms with Gasteiger partial charge in [-0.25, -0.2) is 4.98 Å². The summed E-state index contributed by atoms with van der Waals surface area (Å²) in [6, 6.07) is 2.42. The number of likely N-dealkylation sites (tertiary alicyclic amines) is 1. The molecule has 1 atom stereocenters. The number of carbonyl (C=O) groups excluding carboxylic acids is 1. The standard InChI is InChI=1S/C21H28N4O2/c1-13-19-16(12-17(14-5-6-14)22-20(19)24(2)23-13)21(26)25-9-3-4-18(25)15-7-10-27-11-8-15/h12,14-15,18H,3-11H2,1-2H3. The number of ether oxygens (including phenoxy) is 1. The second-order valence-electron chi connectivity index (χ2n) is 8.43. The van der Waals surface area contributed by atoms with Crippen LogP contribution in [0, 0.1) is 12.8 Å². The summed E-state index contributed by atoms with van der Waals surface area (Å²) in [4.78, 5) is 20.7. The van der Waals surface area contributed by atoms with Crippen molar-refractivity contribution in [3.05, 3.63) is 23.0 Å². The van der Waals surface area contributed by atoms with E-state index in [9.17, 15) is 4.79 Å². The van der Waals surface area contributed by atoms with Gasteiger partial charge in [0.05, 0.1) is 16.6 Å². The van der Waals surface area contributed by atoms with Crippen molar-refractivity contribution in [2.75, 3.05) is 19.8 Å². The fraction of sp³-hybridized carbons (Fsp3) is 0.667. The highest BCUT2D eigenvalue weighted by molar-refractivity contribution is 6.06. The molecule has 0 spiro atoms. The summed E-state index contributed by atoms with van der Waals surface area (Å²) in [6.45, 7) is 4.51. The number of fused-ring (bicyclic) bond motifs is 1. The zero-order chi connectivity index (χ0) is 18.5. The molecule has 6 nitrogen and oxygen atoms in total. The molecule has 3 fully saturated rings. The normalized spacial score (nSPS) is 24.1. The third-order valence-corrected chi connectivity index (χ3v) is 6.58. The molecule has 0 radical (unpaired) electrons. The molecule has 5 rings (SSSR count). The number of hydrogen-bond donors (Lipinski definition) is 0. The van der Waals surface area contributed by atoms with Crippen molar-refractivity contribution in [2.24, 2.45) is 13.0 Å². The van der Waals surface area contributed by atoms with Crippen LogP contribution in [0.3, 0.4) is 0 Å². The van der Waals surface area contributed by atoms with Gasteiger partial charge in [-0.2, -0.15) is 5.10 Å². The first kappa shape index (κ1) is 17.2. The van der Waals surface area contributed by atoms with Gasteiger partial charge in [-0.15, -0.1) is 0 Å².